The predicted molar refractivity (Wildman–Crippen MR) is 80.5 cm³/mol. The second-order valence-electron chi connectivity index (χ2n) is 7.19. The highest BCUT2D eigenvalue weighted by Gasteiger charge is 2.38. The highest BCUT2D eigenvalue weighted by atomic mass is 16.5. The lowest BCUT2D eigenvalue weighted by atomic mass is 9.80. The number of nitrogens with zero attached hydrogens (tertiary/aromatic N) is 1. The predicted octanol–water partition coefficient (Wildman–Crippen LogP) is 2.66. The third kappa shape index (κ3) is 3.71. The molecule has 0 radical (unpaired) electrons. The van der Waals surface area contributed by atoms with E-state index in [1.54, 1.807) is 0 Å². The quantitative estimate of drug-likeness (QED) is 0.848. The Morgan fingerprint density at radius 1 is 1.21 bits per heavy atom. The van der Waals surface area contributed by atoms with Gasteiger partial charge in [-0.2, -0.15) is 0 Å². The van der Waals surface area contributed by atoms with Crippen molar-refractivity contribution in [2.45, 2.75) is 65.0 Å². The van der Waals surface area contributed by atoms with E-state index in [9.17, 15) is 0 Å². The molecule has 3 nitrogen and oxygen atoms in total. The number of piperazine rings is 1. The fourth-order valence-electron chi connectivity index (χ4n) is 3.46. The van der Waals surface area contributed by atoms with Crippen LogP contribution < -0.4 is 5.32 Å². The summed E-state index contributed by atoms with van der Waals surface area (Å²) in [6.07, 6.45) is 4.89. The van der Waals surface area contributed by atoms with Gasteiger partial charge in [-0.15, -0.1) is 0 Å². The first-order chi connectivity index (χ1) is 9.00. The largest absolute Gasteiger partial charge is 0.381 e. The van der Waals surface area contributed by atoms with Crippen LogP contribution in [0.15, 0.2) is 0 Å². The Labute approximate surface area is 119 Å². The number of nitrogens with one attached hydrogen (secondary N) is 1. The summed E-state index contributed by atoms with van der Waals surface area (Å²) in [5, 5.41) is 3.76. The second-order valence-corrected chi connectivity index (χ2v) is 7.19. The van der Waals surface area contributed by atoms with Crippen molar-refractivity contribution in [3.8, 4) is 0 Å². The van der Waals surface area contributed by atoms with Crippen molar-refractivity contribution in [3.63, 3.8) is 0 Å². The van der Waals surface area contributed by atoms with E-state index in [4.69, 9.17) is 4.74 Å². The van der Waals surface area contributed by atoms with Gasteiger partial charge in [0, 0.05) is 44.4 Å². The van der Waals surface area contributed by atoms with Gasteiger partial charge < -0.3 is 10.1 Å². The molecule has 112 valence electrons. The SMILES string of the molecule is CCC1CNC(C)(CC)CN1CC1(C)CCOCC1. The average molecular weight is 268 g/mol. The van der Waals surface area contributed by atoms with Gasteiger partial charge in [-0.1, -0.05) is 20.8 Å². The van der Waals surface area contributed by atoms with Gasteiger partial charge >= 0.3 is 0 Å². The Morgan fingerprint density at radius 3 is 2.47 bits per heavy atom. The van der Waals surface area contributed by atoms with Crippen molar-refractivity contribution in [2.75, 3.05) is 32.8 Å². The zero-order chi connectivity index (χ0) is 13.9. The van der Waals surface area contributed by atoms with Gasteiger partial charge in [0.05, 0.1) is 0 Å². The number of rotatable bonds is 4. The van der Waals surface area contributed by atoms with Gasteiger partial charge in [0.2, 0.25) is 0 Å². The number of hydrogen-bond acceptors (Lipinski definition) is 3. The minimum atomic E-state index is 0.299. The Hall–Kier alpha value is -0.120. The Kier molecular flexibility index (Phi) is 4.91. The molecule has 2 heterocycles. The van der Waals surface area contributed by atoms with Crippen LogP contribution in [-0.4, -0.2) is 49.3 Å². The Balaban J connectivity index is 2.01. The van der Waals surface area contributed by atoms with Gasteiger partial charge in [0.15, 0.2) is 0 Å². The van der Waals surface area contributed by atoms with Crippen LogP contribution in [0.2, 0.25) is 0 Å². The summed E-state index contributed by atoms with van der Waals surface area (Å²) in [6.45, 7) is 14.9. The van der Waals surface area contributed by atoms with Crippen LogP contribution >= 0.6 is 0 Å². The summed E-state index contributed by atoms with van der Waals surface area (Å²) < 4.78 is 5.54. The van der Waals surface area contributed by atoms with Gasteiger partial charge in [-0.05, 0) is 38.0 Å². The molecule has 2 fully saturated rings. The van der Waals surface area contributed by atoms with Gasteiger partial charge in [-0.25, -0.2) is 0 Å². The number of ether oxygens (including phenoxy) is 1. The first-order valence-electron chi connectivity index (χ1n) is 8.07. The van der Waals surface area contributed by atoms with Crippen molar-refractivity contribution in [1.29, 1.82) is 0 Å². The fourth-order valence-corrected chi connectivity index (χ4v) is 3.46. The van der Waals surface area contributed by atoms with Crippen molar-refractivity contribution in [1.82, 2.24) is 10.2 Å². The molecule has 0 aromatic carbocycles. The van der Waals surface area contributed by atoms with E-state index in [-0.39, 0.29) is 0 Å². The molecular weight excluding hydrogens is 236 g/mol. The highest BCUT2D eigenvalue weighted by Crippen LogP contribution is 2.33. The van der Waals surface area contributed by atoms with E-state index in [1.165, 1.54) is 38.8 Å². The topological polar surface area (TPSA) is 24.5 Å². The van der Waals surface area contributed by atoms with Crippen LogP contribution in [0.25, 0.3) is 0 Å². The molecule has 0 aromatic rings. The van der Waals surface area contributed by atoms with Crippen LogP contribution in [0.4, 0.5) is 0 Å². The van der Waals surface area contributed by atoms with E-state index in [0.717, 1.165) is 19.8 Å². The summed E-state index contributed by atoms with van der Waals surface area (Å²) in [5.74, 6) is 0. The van der Waals surface area contributed by atoms with E-state index in [1.807, 2.05) is 0 Å². The molecule has 1 N–H and O–H groups in total. The summed E-state index contributed by atoms with van der Waals surface area (Å²) >= 11 is 0. The Bertz CT molecular complexity index is 288. The molecule has 0 amide bonds. The molecular formula is C16H32N2O. The van der Waals surface area contributed by atoms with Gasteiger partial charge in [-0.3, -0.25) is 4.90 Å². The van der Waals surface area contributed by atoms with E-state index >= 15 is 0 Å². The molecule has 0 aliphatic carbocycles. The molecule has 0 bridgehead atoms. The van der Waals surface area contributed by atoms with Crippen LogP contribution in [0.1, 0.15) is 53.4 Å². The monoisotopic (exact) mass is 268 g/mol. The molecule has 2 unspecified atom stereocenters. The Morgan fingerprint density at radius 2 is 1.89 bits per heavy atom. The molecule has 2 aliphatic rings. The maximum absolute atomic E-state index is 5.54. The van der Waals surface area contributed by atoms with Crippen LogP contribution in [0.5, 0.6) is 0 Å². The van der Waals surface area contributed by atoms with E-state index < -0.39 is 0 Å². The van der Waals surface area contributed by atoms with Crippen molar-refractivity contribution in [3.05, 3.63) is 0 Å². The van der Waals surface area contributed by atoms with Crippen molar-refractivity contribution >= 4 is 0 Å². The first kappa shape index (κ1) is 15.3. The summed E-state index contributed by atoms with van der Waals surface area (Å²) in [7, 11) is 0. The molecule has 2 atom stereocenters. The van der Waals surface area contributed by atoms with Crippen LogP contribution in [0, 0.1) is 5.41 Å². The minimum Gasteiger partial charge on any atom is -0.381 e. The van der Waals surface area contributed by atoms with Crippen LogP contribution in [0.3, 0.4) is 0 Å². The van der Waals surface area contributed by atoms with Crippen LogP contribution in [-0.2, 0) is 4.74 Å². The standard InChI is InChI=1S/C16H32N2O/c1-5-14-11-17-16(4,6-2)13-18(14)12-15(3)7-9-19-10-8-15/h14,17H,5-13H2,1-4H3. The lowest BCUT2D eigenvalue weighted by Crippen LogP contribution is -2.64. The molecule has 3 heteroatoms. The maximum atomic E-state index is 5.54. The maximum Gasteiger partial charge on any atom is 0.0471 e. The van der Waals surface area contributed by atoms with Gasteiger partial charge in [0.1, 0.15) is 0 Å². The third-order valence-electron chi connectivity index (χ3n) is 5.37. The molecule has 2 rings (SSSR count). The molecule has 0 aromatic heterocycles. The summed E-state index contributed by atoms with van der Waals surface area (Å²) in [5.41, 5.74) is 0.755. The van der Waals surface area contributed by atoms with Crippen molar-refractivity contribution in [2.24, 2.45) is 5.41 Å². The summed E-state index contributed by atoms with van der Waals surface area (Å²) in [6, 6.07) is 0.708. The van der Waals surface area contributed by atoms with E-state index in [2.05, 4.69) is 37.9 Å². The first-order valence-corrected chi connectivity index (χ1v) is 8.07. The minimum absolute atomic E-state index is 0.299. The molecule has 0 spiro atoms. The second kappa shape index (κ2) is 6.11. The average Bonchev–Trinajstić information content (AvgIpc) is 2.39. The fraction of sp³-hybridized carbons (Fsp3) is 1.00. The lowest BCUT2D eigenvalue weighted by molar-refractivity contribution is -0.0191. The third-order valence-corrected chi connectivity index (χ3v) is 5.37. The molecule has 19 heavy (non-hydrogen) atoms. The van der Waals surface area contributed by atoms with E-state index in [0.29, 0.717) is 17.0 Å². The zero-order valence-corrected chi connectivity index (χ0v) is 13.3. The molecule has 2 saturated heterocycles. The lowest BCUT2D eigenvalue weighted by Gasteiger charge is -2.49. The highest BCUT2D eigenvalue weighted by molar-refractivity contribution is 4.96. The molecule has 2 aliphatic heterocycles. The zero-order valence-electron chi connectivity index (χ0n) is 13.3. The van der Waals surface area contributed by atoms with Crippen molar-refractivity contribution < 1.29 is 4.74 Å². The smallest absolute Gasteiger partial charge is 0.0471 e. The summed E-state index contributed by atoms with van der Waals surface area (Å²) in [4.78, 5) is 2.76. The normalized spacial score (nSPS) is 36.3. The number of hydrogen-bond donors (Lipinski definition) is 1. The van der Waals surface area contributed by atoms with Gasteiger partial charge in [0.25, 0.3) is 0 Å². The molecule has 0 saturated carbocycles.